The van der Waals surface area contributed by atoms with Gasteiger partial charge in [0.1, 0.15) is 12.4 Å². The van der Waals surface area contributed by atoms with Gasteiger partial charge in [-0.25, -0.2) is 14.4 Å². The molecule has 0 aliphatic carbocycles. The number of hydrogen-bond acceptors (Lipinski definition) is 13. The average molecular weight is 688 g/mol. The van der Waals surface area contributed by atoms with Gasteiger partial charge in [-0.2, -0.15) is 0 Å². The summed E-state index contributed by atoms with van der Waals surface area (Å²) >= 11 is 1.56. The lowest BCUT2D eigenvalue weighted by Crippen LogP contribution is -2.14. The first kappa shape index (κ1) is 41.5. The summed E-state index contributed by atoms with van der Waals surface area (Å²) in [4.78, 5) is 47.1. The van der Waals surface area contributed by atoms with Gasteiger partial charge in [-0.15, -0.1) is 11.3 Å². The van der Waals surface area contributed by atoms with E-state index in [-0.39, 0.29) is 38.0 Å². The molecular weight excluding hydrogens is 642 g/mol. The van der Waals surface area contributed by atoms with Gasteiger partial charge < -0.3 is 38.1 Å². The first-order valence-electron chi connectivity index (χ1n) is 14.4. The summed E-state index contributed by atoms with van der Waals surface area (Å²) in [7, 11) is 9.51. The Morgan fingerprint density at radius 3 is 1.92 bits per heavy atom. The second-order valence-corrected chi connectivity index (χ2v) is 10.7. The Morgan fingerprint density at radius 2 is 1.29 bits per heavy atom. The van der Waals surface area contributed by atoms with Crippen LogP contribution in [0.25, 0.3) is 20.2 Å². The first-order chi connectivity index (χ1) is 22.6. The lowest BCUT2D eigenvalue weighted by atomic mass is 10.2. The van der Waals surface area contributed by atoms with Crippen molar-refractivity contribution in [3.8, 4) is 5.75 Å². The van der Waals surface area contributed by atoms with Gasteiger partial charge in [-0.1, -0.05) is 19.6 Å². The zero-order valence-electron chi connectivity index (χ0n) is 27.4. The maximum atomic E-state index is 12.5. The molecule has 1 aromatic heterocycles. The number of methoxy groups -OCH3 is 4. The van der Waals surface area contributed by atoms with Crippen molar-refractivity contribution < 1.29 is 47.5 Å². The van der Waals surface area contributed by atoms with E-state index in [0.29, 0.717) is 48.5 Å². The third-order valence-corrected chi connectivity index (χ3v) is 7.34. The summed E-state index contributed by atoms with van der Waals surface area (Å²) in [5.74, 6) is -0.659. The van der Waals surface area contributed by atoms with Crippen molar-refractivity contribution in [3.63, 3.8) is 0 Å². The van der Waals surface area contributed by atoms with Crippen molar-refractivity contribution >= 4 is 55.1 Å². The molecule has 0 spiro atoms. The van der Waals surface area contributed by atoms with Crippen molar-refractivity contribution in [2.75, 3.05) is 87.1 Å². The largest absolute Gasteiger partial charge is 0.482 e. The van der Waals surface area contributed by atoms with Crippen molar-refractivity contribution in [1.29, 1.82) is 0 Å². The van der Waals surface area contributed by atoms with Crippen LogP contribution in [0.1, 0.15) is 17.8 Å². The zero-order chi connectivity index (χ0) is 34.6. The third kappa shape index (κ3) is 14.1. The molecule has 0 amide bonds. The molecule has 0 unspecified atom stereocenters. The number of ether oxygens (including phenoxy) is 7. The van der Waals surface area contributed by atoms with Crippen LogP contribution >= 0.6 is 11.3 Å². The Labute approximate surface area is 285 Å². The molecule has 3 aromatic carbocycles. The fourth-order valence-corrected chi connectivity index (χ4v) is 4.72. The lowest BCUT2D eigenvalue weighted by molar-refractivity contribution is -0.146. The monoisotopic (exact) mass is 687 g/mol. The van der Waals surface area contributed by atoms with E-state index in [1.165, 1.54) is 21.3 Å². The Kier molecular flexibility index (Phi) is 19.8. The fraction of sp³-hybridized carbons (Fsp3) is 0.371. The van der Waals surface area contributed by atoms with Gasteiger partial charge in [0.15, 0.2) is 12.0 Å². The number of carbonyl (C=O) groups is 3. The van der Waals surface area contributed by atoms with Crippen molar-refractivity contribution in [1.82, 2.24) is 0 Å². The van der Waals surface area contributed by atoms with E-state index < -0.39 is 5.97 Å². The maximum Gasteiger partial charge on any atom is 0.343 e. The van der Waals surface area contributed by atoms with Crippen LogP contribution in [0.15, 0.2) is 71.5 Å². The molecule has 0 bridgehead atoms. The molecule has 0 aliphatic heterocycles. The Morgan fingerprint density at radius 1 is 0.688 bits per heavy atom. The number of fused-ring (bicyclic) bond motifs is 2. The minimum absolute atomic E-state index is 0. The molecule has 0 saturated heterocycles. The van der Waals surface area contributed by atoms with E-state index in [0.717, 1.165) is 15.1 Å². The quantitative estimate of drug-likeness (QED) is 0.0812. The van der Waals surface area contributed by atoms with E-state index in [1.807, 2.05) is 61.5 Å². The first-order valence-corrected chi connectivity index (χ1v) is 15.2. The van der Waals surface area contributed by atoms with Gasteiger partial charge in [0.25, 0.3) is 0 Å². The van der Waals surface area contributed by atoms with Gasteiger partial charge >= 0.3 is 17.9 Å². The molecular formula is C35H45NO11S. The summed E-state index contributed by atoms with van der Waals surface area (Å²) in [5.41, 5.74) is 1.61. The van der Waals surface area contributed by atoms with E-state index in [1.54, 1.807) is 42.7 Å². The summed E-state index contributed by atoms with van der Waals surface area (Å²) < 4.78 is 35.4. The Balaban J connectivity index is 0.000000376. The molecule has 0 fully saturated rings. The highest BCUT2D eigenvalue weighted by molar-refractivity contribution is 7.24. The maximum absolute atomic E-state index is 12.5. The van der Waals surface area contributed by atoms with Crippen LogP contribution in [0.3, 0.4) is 0 Å². The van der Waals surface area contributed by atoms with Gasteiger partial charge in [0.05, 0.1) is 53.3 Å². The SMILES string of the molecule is C.COC(=O)COc1ccc2sc3ccccc3c(=O)c2c1.COC(=O)c1ccc(N(C)C)cc1.COCCOCCOCC(=O)OC. The van der Waals surface area contributed by atoms with Crippen molar-refractivity contribution in [2.24, 2.45) is 0 Å². The molecule has 4 rings (SSSR count). The van der Waals surface area contributed by atoms with Crippen molar-refractivity contribution in [3.05, 3.63) is 82.5 Å². The summed E-state index contributed by atoms with van der Waals surface area (Å²) in [6, 6.07) is 20.0. The summed E-state index contributed by atoms with van der Waals surface area (Å²) in [5, 5.41) is 1.29. The Bertz CT molecular complexity index is 1620. The second kappa shape index (κ2) is 22.9. The van der Waals surface area contributed by atoms with E-state index in [4.69, 9.17) is 18.9 Å². The van der Waals surface area contributed by atoms with Gasteiger partial charge in [0, 0.05) is 47.1 Å². The van der Waals surface area contributed by atoms with Gasteiger partial charge in [0.2, 0.25) is 0 Å². The number of esters is 3. The molecule has 262 valence electrons. The second-order valence-electron chi connectivity index (χ2n) is 9.62. The van der Waals surface area contributed by atoms with Crippen LogP contribution < -0.4 is 15.1 Å². The highest BCUT2D eigenvalue weighted by Crippen LogP contribution is 2.27. The van der Waals surface area contributed by atoms with Gasteiger partial charge in [-0.05, 0) is 54.6 Å². The van der Waals surface area contributed by atoms with Crippen LogP contribution in [0, 0.1) is 0 Å². The highest BCUT2D eigenvalue weighted by atomic mass is 32.1. The van der Waals surface area contributed by atoms with Crippen LogP contribution in [0.2, 0.25) is 0 Å². The molecule has 1 heterocycles. The molecule has 13 heteroatoms. The smallest absolute Gasteiger partial charge is 0.343 e. The van der Waals surface area contributed by atoms with Gasteiger partial charge in [-0.3, -0.25) is 4.79 Å². The number of anilines is 1. The van der Waals surface area contributed by atoms with Crippen LogP contribution in [0.5, 0.6) is 5.75 Å². The average Bonchev–Trinajstić information content (AvgIpc) is 3.10. The molecule has 0 N–H and O–H groups in total. The van der Waals surface area contributed by atoms with Crippen LogP contribution in [-0.4, -0.2) is 100 Å². The van der Waals surface area contributed by atoms with Crippen LogP contribution in [-0.2, 0) is 38.0 Å². The number of rotatable bonds is 13. The summed E-state index contributed by atoms with van der Waals surface area (Å²) in [6.07, 6.45) is 0. The molecule has 0 radical (unpaired) electrons. The molecule has 12 nitrogen and oxygen atoms in total. The van der Waals surface area contributed by atoms with E-state index in [9.17, 15) is 19.2 Å². The summed E-state index contributed by atoms with van der Waals surface area (Å²) in [6.45, 7) is 1.76. The topological polar surface area (TPSA) is 136 Å². The minimum atomic E-state index is -0.459. The molecule has 0 saturated carbocycles. The normalized spacial score (nSPS) is 9.96. The molecule has 0 atom stereocenters. The number of hydrogen-bond donors (Lipinski definition) is 0. The van der Waals surface area contributed by atoms with Crippen LogP contribution in [0.4, 0.5) is 5.69 Å². The van der Waals surface area contributed by atoms with E-state index >= 15 is 0 Å². The number of nitrogens with zero attached hydrogens (tertiary/aromatic N) is 1. The lowest BCUT2D eigenvalue weighted by Gasteiger charge is -2.11. The molecule has 4 aromatic rings. The van der Waals surface area contributed by atoms with E-state index in [2.05, 4.69) is 14.2 Å². The van der Waals surface area contributed by atoms with Crippen molar-refractivity contribution in [2.45, 2.75) is 7.43 Å². The standard InChI is InChI=1S/C16H12O4S.C10H13NO2.C8H16O5.CH4/c1-19-15(17)9-20-10-6-7-14-12(8-10)16(18)11-4-2-3-5-13(11)21-14;1-11(2)9-6-4-8(5-7-9)10(12)13-3;1-10-3-4-12-5-6-13-7-8(9)11-2;/h2-8H,9H2,1H3;4-7H,1-3H3;3-7H2,1-2H3;1H4. The number of carbonyl (C=O) groups excluding carboxylic acids is 3. The zero-order valence-corrected chi connectivity index (χ0v) is 28.3. The molecule has 48 heavy (non-hydrogen) atoms. The number of benzene rings is 3. The predicted molar refractivity (Wildman–Crippen MR) is 187 cm³/mol. The predicted octanol–water partition coefficient (Wildman–Crippen LogP) is 4.98. The third-order valence-electron chi connectivity index (χ3n) is 6.19. The fourth-order valence-electron chi connectivity index (χ4n) is 3.66. The Hall–Kier alpha value is -4.56. The highest BCUT2D eigenvalue weighted by Gasteiger charge is 2.08. The minimum Gasteiger partial charge on any atom is -0.482 e. The molecule has 0 aliphatic rings.